The lowest BCUT2D eigenvalue weighted by Crippen LogP contribution is -2.16. The topological polar surface area (TPSA) is 97.2 Å². The molecule has 0 aliphatic rings. The maximum atomic E-state index is 10.7. The van der Waals surface area contributed by atoms with E-state index < -0.39 is 5.97 Å². The van der Waals surface area contributed by atoms with E-state index in [1.807, 2.05) is 0 Å². The summed E-state index contributed by atoms with van der Waals surface area (Å²) in [5, 5.41) is 11.9. The minimum Gasteiger partial charge on any atom is -0.481 e. The highest BCUT2D eigenvalue weighted by atomic mass is 35.5. The lowest BCUT2D eigenvalue weighted by Gasteiger charge is -2.20. The summed E-state index contributed by atoms with van der Waals surface area (Å²) in [4.78, 5) is 22.4. The zero-order valence-corrected chi connectivity index (χ0v) is 13.2. The van der Waals surface area contributed by atoms with Crippen LogP contribution in [-0.2, 0) is 4.79 Å². The number of aromatic nitrogens is 3. The molecule has 8 heteroatoms. The predicted octanol–water partition coefficient (Wildman–Crippen LogP) is 2.47. The molecule has 0 aliphatic carbocycles. The first-order valence-corrected chi connectivity index (χ1v) is 7.21. The molecule has 1 aromatic rings. The van der Waals surface area contributed by atoms with Gasteiger partial charge in [0.25, 0.3) is 0 Å². The number of halogens is 1. The summed E-state index contributed by atoms with van der Waals surface area (Å²) < 4.78 is 4.91. The minimum atomic E-state index is -0.761. The van der Waals surface area contributed by atoms with Crippen molar-refractivity contribution in [3.8, 4) is 6.01 Å². The van der Waals surface area contributed by atoms with E-state index >= 15 is 0 Å². The van der Waals surface area contributed by atoms with Gasteiger partial charge in [-0.3, -0.25) is 4.79 Å². The van der Waals surface area contributed by atoms with Crippen LogP contribution in [0, 0.1) is 11.8 Å². The van der Waals surface area contributed by atoms with Crippen LogP contribution >= 0.6 is 11.6 Å². The second-order valence-corrected chi connectivity index (χ2v) is 5.40. The largest absolute Gasteiger partial charge is 0.481 e. The average Bonchev–Trinajstić information content (AvgIpc) is 2.41. The Morgan fingerprint density at radius 3 is 2.62 bits per heavy atom. The number of methoxy groups -OCH3 is 1. The second-order valence-electron chi connectivity index (χ2n) is 5.07. The zero-order chi connectivity index (χ0) is 15.8. The molecular formula is C13H21ClN4O3. The molecule has 21 heavy (non-hydrogen) atoms. The molecular weight excluding hydrogens is 296 g/mol. The fraction of sp³-hybridized carbons (Fsp3) is 0.692. The molecule has 0 amide bonds. The van der Waals surface area contributed by atoms with Gasteiger partial charge in [0.05, 0.1) is 7.11 Å². The summed E-state index contributed by atoms with van der Waals surface area (Å²) in [6, 6.07) is 0.156. The maximum absolute atomic E-state index is 10.7. The van der Waals surface area contributed by atoms with Crippen molar-refractivity contribution in [1.82, 2.24) is 15.0 Å². The van der Waals surface area contributed by atoms with Crippen LogP contribution in [-0.4, -0.2) is 39.7 Å². The molecule has 1 aromatic heterocycles. The van der Waals surface area contributed by atoms with Crippen LogP contribution in [0.1, 0.15) is 33.1 Å². The van der Waals surface area contributed by atoms with Gasteiger partial charge in [0.2, 0.25) is 11.2 Å². The van der Waals surface area contributed by atoms with Crippen LogP contribution in [0.4, 0.5) is 5.95 Å². The summed E-state index contributed by atoms with van der Waals surface area (Å²) >= 11 is 5.76. The summed E-state index contributed by atoms with van der Waals surface area (Å²) in [5.41, 5.74) is 0. The summed E-state index contributed by atoms with van der Waals surface area (Å²) in [7, 11) is 1.45. The molecule has 0 saturated carbocycles. The standard InChI is InChI=1S/C13H21ClN4O3/c1-8(2)9(4-5-10(19)20)6-7-15-12-16-11(14)17-13(18-12)21-3/h8-9H,4-7H2,1-3H3,(H,19,20)(H,15,16,17,18). The van der Waals surface area contributed by atoms with E-state index in [1.165, 1.54) is 7.11 Å². The molecule has 0 aromatic carbocycles. The monoisotopic (exact) mass is 316 g/mol. The molecule has 0 saturated heterocycles. The molecule has 1 heterocycles. The van der Waals surface area contributed by atoms with Crippen molar-refractivity contribution < 1.29 is 14.6 Å². The third-order valence-corrected chi connectivity index (χ3v) is 3.41. The van der Waals surface area contributed by atoms with Gasteiger partial charge in [-0.25, -0.2) is 0 Å². The normalized spacial score (nSPS) is 12.2. The number of carboxylic acid groups (broad SMARTS) is 1. The molecule has 0 bridgehead atoms. The van der Waals surface area contributed by atoms with Crippen LogP contribution in [0.25, 0.3) is 0 Å². The predicted molar refractivity (Wildman–Crippen MR) is 79.7 cm³/mol. The van der Waals surface area contributed by atoms with Crippen LogP contribution in [0.5, 0.6) is 6.01 Å². The van der Waals surface area contributed by atoms with E-state index in [9.17, 15) is 4.79 Å². The lowest BCUT2D eigenvalue weighted by atomic mass is 9.88. The molecule has 1 unspecified atom stereocenters. The van der Waals surface area contributed by atoms with Gasteiger partial charge in [-0.05, 0) is 36.3 Å². The van der Waals surface area contributed by atoms with E-state index in [0.29, 0.717) is 30.7 Å². The van der Waals surface area contributed by atoms with E-state index in [1.54, 1.807) is 0 Å². The Labute approximate surface area is 129 Å². The van der Waals surface area contributed by atoms with Crippen LogP contribution < -0.4 is 10.1 Å². The van der Waals surface area contributed by atoms with E-state index in [-0.39, 0.29) is 17.7 Å². The molecule has 1 rings (SSSR count). The van der Waals surface area contributed by atoms with Crippen molar-refractivity contribution in [3.05, 3.63) is 5.28 Å². The van der Waals surface area contributed by atoms with Gasteiger partial charge in [-0.1, -0.05) is 13.8 Å². The van der Waals surface area contributed by atoms with Crippen LogP contribution in [0.15, 0.2) is 0 Å². The van der Waals surface area contributed by atoms with E-state index in [2.05, 4.69) is 34.1 Å². The third kappa shape index (κ3) is 6.57. The van der Waals surface area contributed by atoms with Crippen molar-refractivity contribution in [2.45, 2.75) is 33.1 Å². The van der Waals surface area contributed by atoms with Gasteiger partial charge in [0.15, 0.2) is 0 Å². The summed E-state index contributed by atoms with van der Waals surface area (Å²) in [6.07, 6.45) is 1.68. The third-order valence-electron chi connectivity index (χ3n) is 3.24. The SMILES string of the molecule is COc1nc(Cl)nc(NCCC(CCC(=O)O)C(C)C)n1. The lowest BCUT2D eigenvalue weighted by molar-refractivity contribution is -0.137. The van der Waals surface area contributed by atoms with Crippen molar-refractivity contribution >= 4 is 23.5 Å². The Morgan fingerprint density at radius 2 is 2.05 bits per heavy atom. The number of anilines is 1. The first kappa shape index (κ1) is 17.4. The Bertz CT molecular complexity index is 471. The number of hydrogen-bond donors (Lipinski definition) is 2. The Morgan fingerprint density at radius 1 is 1.33 bits per heavy atom. The molecule has 0 spiro atoms. The Kier molecular flexibility index (Phi) is 7.14. The van der Waals surface area contributed by atoms with Crippen molar-refractivity contribution in [3.63, 3.8) is 0 Å². The van der Waals surface area contributed by atoms with Gasteiger partial charge in [-0.15, -0.1) is 0 Å². The number of aliphatic carboxylic acids is 1. The second kappa shape index (κ2) is 8.61. The van der Waals surface area contributed by atoms with Crippen LogP contribution in [0.3, 0.4) is 0 Å². The fourth-order valence-electron chi connectivity index (χ4n) is 1.99. The molecule has 0 radical (unpaired) electrons. The molecule has 0 aliphatic heterocycles. The summed E-state index contributed by atoms with van der Waals surface area (Å²) in [5.74, 6) is 0.339. The van der Waals surface area contributed by atoms with Gasteiger partial charge in [-0.2, -0.15) is 15.0 Å². The number of rotatable bonds is 9. The maximum Gasteiger partial charge on any atom is 0.322 e. The fourth-order valence-corrected chi connectivity index (χ4v) is 2.14. The quantitative estimate of drug-likeness (QED) is 0.722. The minimum absolute atomic E-state index is 0.0654. The molecule has 7 nitrogen and oxygen atoms in total. The summed E-state index contributed by atoms with van der Waals surface area (Å²) in [6.45, 7) is 4.82. The highest BCUT2D eigenvalue weighted by molar-refractivity contribution is 6.28. The average molecular weight is 317 g/mol. The van der Waals surface area contributed by atoms with Crippen LogP contribution in [0.2, 0.25) is 5.28 Å². The van der Waals surface area contributed by atoms with Gasteiger partial charge >= 0.3 is 12.0 Å². The number of ether oxygens (including phenoxy) is 1. The number of nitrogens with zero attached hydrogens (tertiary/aromatic N) is 3. The van der Waals surface area contributed by atoms with Gasteiger partial charge < -0.3 is 15.2 Å². The van der Waals surface area contributed by atoms with Crippen molar-refractivity contribution in [2.24, 2.45) is 11.8 Å². The van der Waals surface area contributed by atoms with E-state index in [0.717, 1.165) is 6.42 Å². The Hall–Kier alpha value is -1.63. The highest BCUT2D eigenvalue weighted by Gasteiger charge is 2.15. The Balaban J connectivity index is 2.49. The highest BCUT2D eigenvalue weighted by Crippen LogP contribution is 2.21. The first-order valence-electron chi connectivity index (χ1n) is 6.83. The number of carbonyl (C=O) groups is 1. The number of hydrogen-bond acceptors (Lipinski definition) is 6. The van der Waals surface area contributed by atoms with Gasteiger partial charge in [0, 0.05) is 13.0 Å². The number of carboxylic acids is 1. The number of nitrogens with one attached hydrogen (secondary N) is 1. The first-order chi connectivity index (χ1) is 9.92. The van der Waals surface area contributed by atoms with Gasteiger partial charge in [0.1, 0.15) is 0 Å². The zero-order valence-electron chi connectivity index (χ0n) is 12.5. The van der Waals surface area contributed by atoms with Crippen molar-refractivity contribution in [1.29, 1.82) is 0 Å². The molecule has 118 valence electrons. The van der Waals surface area contributed by atoms with Crippen molar-refractivity contribution in [2.75, 3.05) is 19.0 Å². The molecule has 0 fully saturated rings. The van der Waals surface area contributed by atoms with E-state index in [4.69, 9.17) is 21.4 Å². The smallest absolute Gasteiger partial charge is 0.322 e. The molecule has 1 atom stereocenters. The molecule has 2 N–H and O–H groups in total.